The predicted molar refractivity (Wildman–Crippen MR) is 79.9 cm³/mol. The lowest BCUT2D eigenvalue weighted by atomic mass is 9.87. The Morgan fingerprint density at radius 2 is 2.25 bits per heavy atom. The minimum atomic E-state index is -1.01. The molecule has 0 aliphatic heterocycles. The molecule has 4 nitrogen and oxygen atoms in total. The second-order valence-electron chi connectivity index (χ2n) is 5.32. The highest BCUT2D eigenvalue weighted by Gasteiger charge is 2.22. The molecule has 0 spiro atoms. The Kier molecular flexibility index (Phi) is 4.95. The average Bonchev–Trinajstić information content (AvgIpc) is 2.84. The highest BCUT2D eigenvalue weighted by Crippen LogP contribution is 2.25. The van der Waals surface area contributed by atoms with Crippen molar-refractivity contribution in [3.05, 3.63) is 28.0 Å². The van der Waals surface area contributed by atoms with Crippen LogP contribution in [0.25, 0.3) is 6.08 Å². The van der Waals surface area contributed by atoms with Gasteiger partial charge in [-0.2, -0.15) is 0 Å². The second-order valence-corrected chi connectivity index (χ2v) is 6.23. The van der Waals surface area contributed by atoms with Gasteiger partial charge in [0.2, 0.25) is 0 Å². The van der Waals surface area contributed by atoms with Crippen molar-refractivity contribution >= 4 is 29.3 Å². The van der Waals surface area contributed by atoms with Crippen LogP contribution in [0.15, 0.2) is 17.5 Å². The average molecular weight is 293 g/mol. The quantitative estimate of drug-likeness (QED) is 0.838. The number of carbonyl (C=O) groups is 2. The molecule has 0 bridgehead atoms. The third kappa shape index (κ3) is 3.93. The molecule has 2 N–H and O–H groups in total. The molecule has 2 atom stereocenters. The summed E-state index contributed by atoms with van der Waals surface area (Å²) in [5, 5.41) is 13.5. The first-order valence-electron chi connectivity index (χ1n) is 6.85. The Labute approximate surface area is 122 Å². The minimum Gasteiger partial charge on any atom is -0.478 e. The van der Waals surface area contributed by atoms with Gasteiger partial charge in [-0.25, -0.2) is 4.79 Å². The molecule has 1 aromatic rings. The number of aliphatic carboxylic acids is 1. The topological polar surface area (TPSA) is 66.4 Å². The van der Waals surface area contributed by atoms with Crippen molar-refractivity contribution in [3.63, 3.8) is 0 Å². The Morgan fingerprint density at radius 1 is 1.45 bits per heavy atom. The van der Waals surface area contributed by atoms with Crippen LogP contribution in [0, 0.1) is 5.92 Å². The third-order valence-electron chi connectivity index (χ3n) is 3.58. The molecule has 1 aliphatic carbocycles. The molecular weight excluding hydrogens is 274 g/mol. The van der Waals surface area contributed by atoms with Crippen LogP contribution >= 0.6 is 11.3 Å². The van der Waals surface area contributed by atoms with E-state index in [1.165, 1.54) is 23.8 Å². The summed E-state index contributed by atoms with van der Waals surface area (Å²) in [6, 6.07) is 2.01. The summed E-state index contributed by atoms with van der Waals surface area (Å²) in [5.74, 6) is -0.448. The number of hydrogen-bond donors (Lipinski definition) is 2. The van der Waals surface area contributed by atoms with Crippen molar-refractivity contribution in [3.8, 4) is 0 Å². The number of amides is 1. The first kappa shape index (κ1) is 14.8. The summed E-state index contributed by atoms with van der Waals surface area (Å²) in [6.45, 7) is 2.21. The molecule has 1 heterocycles. The van der Waals surface area contributed by atoms with Gasteiger partial charge in [0.05, 0.1) is 4.88 Å². The number of thiophene rings is 1. The summed E-state index contributed by atoms with van der Waals surface area (Å²) in [6.07, 6.45) is 6.97. The fourth-order valence-electron chi connectivity index (χ4n) is 2.61. The van der Waals surface area contributed by atoms with Gasteiger partial charge >= 0.3 is 5.97 Å². The molecule has 0 aromatic carbocycles. The van der Waals surface area contributed by atoms with Crippen LogP contribution in [0.4, 0.5) is 0 Å². The van der Waals surface area contributed by atoms with Crippen molar-refractivity contribution in [2.75, 3.05) is 0 Å². The zero-order valence-electron chi connectivity index (χ0n) is 11.5. The lowest BCUT2D eigenvalue weighted by molar-refractivity contribution is -0.131. The van der Waals surface area contributed by atoms with E-state index in [0.717, 1.165) is 25.3 Å². The molecule has 0 radical (unpaired) electrons. The van der Waals surface area contributed by atoms with E-state index in [-0.39, 0.29) is 11.9 Å². The number of carboxylic acids is 1. The van der Waals surface area contributed by atoms with Gasteiger partial charge in [-0.3, -0.25) is 4.79 Å². The molecule has 108 valence electrons. The molecule has 1 aliphatic rings. The van der Waals surface area contributed by atoms with E-state index >= 15 is 0 Å². The van der Waals surface area contributed by atoms with E-state index in [2.05, 4.69) is 12.2 Å². The maximum Gasteiger partial charge on any atom is 0.328 e. The van der Waals surface area contributed by atoms with Gasteiger partial charge < -0.3 is 10.4 Å². The van der Waals surface area contributed by atoms with Crippen LogP contribution in [-0.2, 0) is 4.79 Å². The van der Waals surface area contributed by atoms with E-state index in [4.69, 9.17) is 5.11 Å². The minimum absolute atomic E-state index is 0.0934. The molecule has 1 aromatic heterocycles. The zero-order chi connectivity index (χ0) is 14.5. The maximum absolute atomic E-state index is 12.3. The molecule has 1 amide bonds. The molecule has 2 rings (SSSR count). The van der Waals surface area contributed by atoms with Crippen molar-refractivity contribution in [2.45, 2.75) is 38.6 Å². The summed E-state index contributed by atoms with van der Waals surface area (Å²) in [4.78, 5) is 23.4. The zero-order valence-corrected chi connectivity index (χ0v) is 12.3. The van der Waals surface area contributed by atoms with Crippen molar-refractivity contribution < 1.29 is 14.7 Å². The van der Waals surface area contributed by atoms with Crippen LogP contribution in [0.3, 0.4) is 0 Å². The first-order valence-corrected chi connectivity index (χ1v) is 7.73. The lowest BCUT2D eigenvalue weighted by Crippen LogP contribution is -2.37. The Bertz CT molecular complexity index is 521. The largest absolute Gasteiger partial charge is 0.478 e. The SMILES string of the molecule is CC1CCCC(NC(=O)c2sccc2C=CC(=O)O)C1. The van der Waals surface area contributed by atoms with E-state index in [1.807, 2.05) is 0 Å². The second kappa shape index (κ2) is 6.70. The number of carbonyl (C=O) groups excluding carboxylic acids is 1. The van der Waals surface area contributed by atoms with Gasteiger partial charge in [0.25, 0.3) is 5.91 Å². The standard InChI is InChI=1S/C15H19NO3S/c1-10-3-2-4-12(9-10)16-15(19)14-11(7-8-20-14)5-6-13(17)18/h5-8,10,12H,2-4,9H2,1H3,(H,16,19)(H,17,18). The Morgan fingerprint density at radius 3 is 2.95 bits per heavy atom. The molecule has 5 heteroatoms. The Balaban J connectivity index is 2.02. The van der Waals surface area contributed by atoms with Crippen LogP contribution in [-0.4, -0.2) is 23.0 Å². The highest BCUT2D eigenvalue weighted by atomic mass is 32.1. The summed E-state index contributed by atoms with van der Waals surface area (Å²) >= 11 is 1.34. The number of hydrogen-bond acceptors (Lipinski definition) is 3. The van der Waals surface area contributed by atoms with Crippen LogP contribution in [0.2, 0.25) is 0 Å². The number of rotatable bonds is 4. The van der Waals surface area contributed by atoms with Gasteiger partial charge in [0, 0.05) is 12.1 Å². The van der Waals surface area contributed by atoms with Crippen molar-refractivity contribution in [2.24, 2.45) is 5.92 Å². The predicted octanol–water partition coefficient (Wildman–Crippen LogP) is 3.15. The van der Waals surface area contributed by atoms with Gasteiger partial charge in [0.15, 0.2) is 0 Å². The molecule has 1 saturated carbocycles. The Hall–Kier alpha value is -1.62. The normalized spacial score (nSPS) is 22.9. The van der Waals surface area contributed by atoms with E-state index in [9.17, 15) is 9.59 Å². The fraction of sp³-hybridized carbons (Fsp3) is 0.467. The van der Waals surface area contributed by atoms with Gasteiger partial charge in [-0.1, -0.05) is 19.8 Å². The van der Waals surface area contributed by atoms with Gasteiger partial charge in [-0.15, -0.1) is 11.3 Å². The summed E-state index contributed by atoms with van der Waals surface area (Å²) in [7, 11) is 0. The molecule has 20 heavy (non-hydrogen) atoms. The summed E-state index contributed by atoms with van der Waals surface area (Å²) < 4.78 is 0. The highest BCUT2D eigenvalue weighted by molar-refractivity contribution is 7.12. The molecule has 1 fully saturated rings. The maximum atomic E-state index is 12.3. The van der Waals surface area contributed by atoms with Crippen molar-refractivity contribution in [1.29, 1.82) is 0 Å². The monoisotopic (exact) mass is 293 g/mol. The van der Waals surface area contributed by atoms with E-state index in [1.54, 1.807) is 11.4 Å². The van der Waals surface area contributed by atoms with Crippen LogP contribution < -0.4 is 5.32 Å². The molecule has 0 saturated heterocycles. The molecular formula is C15H19NO3S. The van der Waals surface area contributed by atoms with Crippen molar-refractivity contribution in [1.82, 2.24) is 5.32 Å². The van der Waals surface area contributed by atoms with Crippen LogP contribution in [0.1, 0.15) is 47.8 Å². The van der Waals surface area contributed by atoms with E-state index < -0.39 is 5.97 Å². The third-order valence-corrected chi connectivity index (χ3v) is 4.51. The van der Waals surface area contributed by atoms with Gasteiger partial charge in [-0.05, 0) is 41.8 Å². The number of carboxylic acid groups (broad SMARTS) is 1. The molecule has 2 unspecified atom stereocenters. The summed E-state index contributed by atoms with van der Waals surface area (Å²) in [5.41, 5.74) is 0.666. The van der Waals surface area contributed by atoms with Gasteiger partial charge in [0.1, 0.15) is 0 Å². The first-order chi connectivity index (χ1) is 9.56. The van der Waals surface area contributed by atoms with E-state index in [0.29, 0.717) is 16.4 Å². The fourth-order valence-corrected chi connectivity index (χ4v) is 3.40. The van der Waals surface area contributed by atoms with Crippen LogP contribution in [0.5, 0.6) is 0 Å². The number of nitrogens with one attached hydrogen (secondary N) is 1. The smallest absolute Gasteiger partial charge is 0.328 e. The lowest BCUT2D eigenvalue weighted by Gasteiger charge is -2.27.